The molecular weight excluding hydrogens is 397 g/mol. The lowest BCUT2D eigenvalue weighted by atomic mass is 10.1. The van der Waals surface area contributed by atoms with Gasteiger partial charge in [0.25, 0.3) is 0 Å². The second-order valence-electron chi connectivity index (χ2n) is 6.36. The number of nitrogens with two attached hydrogens (primary N) is 1. The Morgan fingerprint density at radius 3 is 2.90 bits per heavy atom. The predicted octanol–water partition coefficient (Wildman–Crippen LogP) is 3.02. The Balaban J connectivity index is 1.54. The summed E-state index contributed by atoms with van der Waals surface area (Å²) in [5, 5.41) is 5.56. The summed E-state index contributed by atoms with van der Waals surface area (Å²) in [6.07, 6.45) is 0.679. The fourth-order valence-electron chi connectivity index (χ4n) is 2.88. The molecular formula is C20H22FN3O4S. The van der Waals surface area contributed by atoms with E-state index in [1.807, 2.05) is 18.2 Å². The largest absolute Gasteiger partial charge is 0.467 e. The summed E-state index contributed by atoms with van der Waals surface area (Å²) in [5.41, 5.74) is 7.15. The summed E-state index contributed by atoms with van der Waals surface area (Å²) in [7, 11) is 0. The van der Waals surface area contributed by atoms with Crippen molar-refractivity contribution >= 4 is 29.4 Å². The average Bonchev–Trinajstić information content (AvgIpc) is 2.69. The number of thioether (sulfide) groups is 1. The number of halogens is 1. The standard InChI is InChI=1S/C20H22FN3O4S/c21-15-9-13(19-14(10-15)11-27-12-28-19)5-7-23-20(26)24-16-3-1-2-4-17(16)29-8-6-18(22)25/h1-4,9-10H,5-8,11-12H2,(H2,22,25)(H2,23,24,26). The lowest BCUT2D eigenvalue weighted by Crippen LogP contribution is -2.30. The Bertz CT molecular complexity index is 894. The maximum atomic E-state index is 13.8. The molecule has 1 heterocycles. The molecule has 1 aliphatic rings. The molecule has 2 aromatic rings. The molecule has 0 aliphatic carbocycles. The molecule has 4 N–H and O–H groups in total. The fourth-order valence-corrected chi connectivity index (χ4v) is 3.85. The van der Waals surface area contributed by atoms with Crippen molar-refractivity contribution in [3.63, 3.8) is 0 Å². The number of rotatable bonds is 8. The first kappa shape index (κ1) is 20.9. The van der Waals surface area contributed by atoms with Gasteiger partial charge >= 0.3 is 6.03 Å². The smallest absolute Gasteiger partial charge is 0.319 e. The molecule has 9 heteroatoms. The van der Waals surface area contributed by atoms with Crippen LogP contribution in [0.2, 0.25) is 0 Å². The van der Waals surface area contributed by atoms with Crippen molar-refractivity contribution in [3.8, 4) is 5.75 Å². The molecule has 0 saturated heterocycles. The third kappa shape index (κ3) is 6.10. The molecule has 2 aromatic carbocycles. The molecule has 0 fully saturated rings. The van der Waals surface area contributed by atoms with Crippen molar-refractivity contribution in [3.05, 3.63) is 53.3 Å². The molecule has 0 aromatic heterocycles. The van der Waals surface area contributed by atoms with E-state index in [9.17, 15) is 14.0 Å². The van der Waals surface area contributed by atoms with Crippen LogP contribution in [-0.2, 0) is 22.6 Å². The van der Waals surface area contributed by atoms with Gasteiger partial charge in [-0.2, -0.15) is 0 Å². The van der Waals surface area contributed by atoms with E-state index >= 15 is 0 Å². The van der Waals surface area contributed by atoms with Crippen LogP contribution < -0.4 is 21.1 Å². The summed E-state index contributed by atoms with van der Waals surface area (Å²) in [6.45, 7) is 0.741. The molecule has 0 saturated carbocycles. The topological polar surface area (TPSA) is 103 Å². The molecule has 0 radical (unpaired) electrons. The molecule has 0 spiro atoms. The average molecular weight is 419 g/mol. The van der Waals surface area contributed by atoms with Gasteiger partial charge in [-0.1, -0.05) is 12.1 Å². The van der Waals surface area contributed by atoms with Crippen LogP contribution in [0.25, 0.3) is 0 Å². The SMILES string of the molecule is NC(=O)CCSc1ccccc1NC(=O)NCCc1cc(F)cc2c1OCOC2. The zero-order valence-corrected chi connectivity index (χ0v) is 16.5. The third-order valence-corrected chi connectivity index (χ3v) is 5.25. The lowest BCUT2D eigenvalue weighted by Gasteiger charge is -2.21. The first-order valence-corrected chi connectivity index (χ1v) is 10.1. The Hall–Kier alpha value is -2.78. The molecule has 7 nitrogen and oxygen atoms in total. The van der Waals surface area contributed by atoms with Crippen molar-refractivity contribution < 1.29 is 23.5 Å². The summed E-state index contributed by atoms with van der Waals surface area (Å²) < 4.78 is 24.4. The number of carbonyl (C=O) groups excluding carboxylic acids is 2. The lowest BCUT2D eigenvalue weighted by molar-refractivity contribution is -0.117. The number of ether oxygens (including phenoxy) is 2. The highest BCUT2D eigenvalue weighted by atomic mass is 32.2. The highest BCUT2D eigenvalue weighted by Crippen LogP contribution is 2.30. The van der Waals surface area contributed by atoms with Crippen molar-refractivity contribution in [2.24, 2.45) is 5.73 Å². The molecule has 29 heavy (non-hydrogen) atoms. The van der Waals surface area contributed by atoms with Crippen LogP contribution in [0.15, 0.2) is 41.3 Å². The van der Waals surface area contributed by atoms with Crippen LogP contribution in [0.3, 0.4) is 0 Å². The van der Waals surface area contributed by atoms with Crippen molar-refractivity contribution in [2.75, 3.05) is 24.4 Å². The number of hydrogen-bond donors (Lipinski definition) is 3. The van der Waals surface area contributed by atoms with Gasteiger partial charge in [0.15, 0.2) is 6.79 Å². The number of hydrogen-bond acceptors (Lipinski definition) is 5. The molecule has 0 atom stereocenters. The number of amides is 3. The number of anilines is 1. The van der Waals surface area contributed by atoms with Gasteiger partial charge in [-0.3, -0.25) is 4.79 Å². The van der Waals surface area contributed by atoms with Crippen LogP contribution in [0, 0.1) is 5.82 Å². The Morgan fingerprint density at radius 1 is 1.24 bits per heavy atom. The summed E-state index contributed by atoms with van der Waals surface area (Å²) in [5.74, 6) is 0.426. The number of para-hydroxylation sites is 1. The fraction of sp³-hybridized carbons (Fsp3) is 0.300. The predicted molar refractivity (Wildman–Crippen MR) is 108 cm³/mol. The van der Waals surface area contributed by atoms with E-state index in [-0.39, 0.29) is 31.0 Å². The van der Waals surface area contributed by atoms with E-state index in [0.717, 1.165) is 4.90 Å². The van der Waals surface area contributed by atoms with Crippen LogP contribution in [-0.4, -0.2) is 31.0 Å². The zero-order chi connectivity index (χ0) is 20.6. The molecule has 3 rings (SSSR count). The van der Waals surface area contributed by atoms with Crippen molar-refractivity contribution in [1.82, 2.24) is 5.32 Å². The number of urea groups is 1. The summed E-state index contributed by atoms with van der Waals surface area (Å²) in [4.78, 5) is 24.0. The molecule has 3 amide bonds. The maximum Gasteiger partial charge on any atom is 0.319 e. The van der Waals surface area contributed by atoms with Gasteiger partial charge in [0.2, 0.25) is 5.91 Å². The molecule has 1 aliphatic heterocycles. The monoisotopic (exact) mass is 419 g/mol. The van der Waals surface area contributed by atoms with E-state index in [1.54, 1.807) is 6.07 Å². The van der Waals surface area contributed by atoms with Gasteiger partial charge in [0.05, 0.1) is 12.3 Å². The van der Waals surface area contributed by atoms with E-state index < -0.39 is 0 Å². The van der Waals surface area contributed by atoms with E-state index in [1.165, 1.54) is 23.9 Å². The number of carbonyl (C=O) groups is 2. The van der Waals surface area contributed by atoms with Crippen LogP contribution in [0.1, 0.15) is 17.5 Å². The van der Waals surface area contributed by atoms with Crippen LogP contribution in [0.5, 0.6) is 5.75 Å². The highest BCUT2D eigenvalue weighted by molar-refractivity contribution is 7.99. The van der Waals surface area contributed by atoms with Gasteiger partial charge in [-0.25, -0.2) is 9.18 Å². The Kier molecular flexibility index (Phi) is 7.31. The summed E-state index contributed by atoms with van der Waals surface area (Å²) >= 11 is 1.44. The van der Waals surface area contributed by atoms with E-state index in [0.29, 0.717) is 47.9 Å². The zero-order valence-electron chi connectivity index (χ0n) is 15.7. The van der Waals surface area contributed by atoms with E-state index in [2.05, 4.69) is 10.6 Å². The minimum absolute atomic E-state index is 0.129. The number of fused-ring (bicyclic) bond motifs is 1. The summed E-state index contributed by atoms with van der Waals surface area (Å²) in [6, 6.07) is 9.74. The Morgan fingerprint density at radius 2 is 2.07 bits per heavy atom. The quantitative estimate of drug-likeness (QED) is 0.571. The normalized spacial score (nSPS) is 12.6. The van der Waals surface area contributed by atoms with Crippen molar-refractivity contribution in [1.29, 1.82) is 0 Å². The molecule has 0 unspecified atom stereocenters. The minimum atomic E-state index is -0.373. The number of benzene rings is 2. The van der Waals surface area contributed by atoms with Gasteiger partial charge in [-0.15, -0.1) is 11.8 Å². The third-order valence-electron chi connectivity index (χ3n) is 4.17. The first-order valence-electron chi connectivity index (χ1n) is 9.10. The van der Waals surface area contributed by atoms with Gasteiger partial charge in [0.1, 0.15) is 11.6 Å². The first-order chi connectivity index (χ1) is 14.0. The number of primary amides is 1. The van der Waals surface area contributed by atoms with Crippen molar-refractivity contribution in [2.45, 2.75) is 24.3 Å². The van der Waals surface area contributed by atoms with Crippen LogP contribution >= 0.6 is 11.8 Å². The van der Waals surface area contributed by atoms with E-state index in [4.69, 9.17) is 15.2 Å². The molecule has 154 valence electrons. The highest BCUT2D eigenvalue weighted by Gasteiger charge is 2.17. The molecule has 0 bridgehead atoms. The van der Waals surface area contributed by atoms with Gasteiger partial charge in [0, 0.05) is 29.2 Å². The van der Waals surface area contributed by atoms with Crippen LogP contribution in [0.4, 0.5) is 14.9 Å². The minimum Gasteiger partial charge on any atom is -0.467 e. The van der Waals surface area contributed by atoms with Gasteiger partial charge < -0.3 is 25.8 Å². The Labute approximate surface area is 172 Å². The maximum absolute atomic E-state index is 13.8. The second-order valence-corrected chi connectivity index (χ2v) is 7.49. The van der Waals surface area contributed by atoms with Gasteiger partial charge in [-0.05, 0) is 36.2 Å². The second kappa shape index (κ2) is 10.1. The number of nitrogens with one attached hydrogen (secondary N) is 2.